The van der Waals surface area contributed by atoms with E-state index in [0.29, 0.717) is 0 Å². The quantitative estimate of drug-likeness (QED) is 0.850. The maximum absolute atomic E-state index is 12.8. The van der Waals surface area contributed by atoms with Crippen molar-refractivity contribution < 1.29 is 18.4 Å². The van der Waals surface area contributed by atoms with Crippen LogP contribution in [0, 0.1) is 11.6 Å². The molecule has 0 bridgehead atoms. The Morgan fingerprint density at radius 3 is 2.50 bits per heavy atom. The number of ketones is 1. The molecule has 0 heterocycles. The Morgan fingerprint density at radius 1 is 1.25 bits per heavy atom. The molecule has 1 rings (SSSR count). The van der Waals surface area contributed by atoms with Crippen LogP contribution in [-0.2, 0) is 4.79 Å². The van der Waals surface area contributed by atoms with Crippen molar-refractivity contribution in [1.82, 2.24) is 5.32 Å². The molecule has 16 heavy (non-hydrogen) atoms. The van der Waals surface area contributed by atoms with Gasteiger partial charge in [-0.05, 0) is 25.1 Å². The van der Waals surface area contributed by atoms with E-state index in [4.69, 9.17) is 0 Å². The van der Waals surface area contributed by atoms with E-state index in [1.54, 1.807) is 0 Å². The first-order chi connectivity index (χ1) is 7.50. The second-order valence-corrected chi connectivity index (χ2v) is 3.34. The van der Waals surface area contributed by atoms with Crippen LogP contribution in [0.1, 0.15) is 23.7 Å². The van der Waals surface area contributed by atoms with Gasteiger partial charge in [-0.25, -0.2) is 8.78 Å². The van der Waals surface area contributed by atoms with E-state index in [1.807, 2.05) is 0 Å². The second kappa shape index (κ2) is 5.34. The van der Waals surface area contributed by atoms with E-state index in [0.717, 1.165) is 12.1 Å². The lowest BCUT2D eigenvalue weighted by Gasteiger charge is -2.03. The molecule has 0 saturated heterocycles. The number of Topliss-reactive ketones (excluding diaryl/α,β-unsaturated/α-hetero) is 1. The van der Waals surface area contributed by atoms with Crippen LogP contribution < -0.4 is 5.32 Å². The van der Waals surface area contributed by atoms with Gasteiger partial charge in [-0.3, -0.25) is 9.59 Å². The number of rotatable bonds is 4. The van der Waals surface area contributed by atoms with Gasteiger partial charge in [0.05, 0.1) is 0 Å². The van der Waals surface area contributed by atoms with Crippen molar-refractivity contribution in [3.8, 4) is 0 Å². The van der Waals surface area contributed by atoms with Crippen LogP contribution >= 0.6 is 0 Å². The number of carbonyl (C=O) groups excluding carboxylic acids is 2. The average molecular weight is 227 g/mol. The summed E-state index contributed by atoms with van der Waals surface area (Å²) < 4.78 is 25.3. The molecule has 1 amide bonds. The van der Waals surface area contributed by atoms with E-state index in [9.17, 15) is 18.4 Å². The number of amides is 1. The van der Waals surface area contributed by atoms with Crippen molar-refractivity contribution >= 4 is 11.7 Å². The van der Waals surface area contributed by atoms with Crippen molar-refractivity contribution in [3.63, 3.8) is 0 Å². The van der Waals surface area contributed by atoms with E-state index in [1.165, 1.54) is 13.0 Å². The van der Waals surface area contributed by atoms with Crippen LogP contribution in [0.3, 0.4) is 0 Å². The number of nitrogens with one attached hydrogen (secondary N) is 1. The molecular formula is C11H11F2NO2. The molecule has 0 aromatic heterocycles. The number of carbonyl (C=O) groups is 2. The van der Waals surface area contributed by atoms with Gasteiger partial charge in [0.1, 0.15) is 5.78 Å². The van der Waals surface area contributed by atoms with Crippen molar-refractivity contribution in [1.29, 1.82) is 0 Å². The summed E-state index contributed by atoms with van der Waals surface area (Å²) in [4.78, 5) is 22.0. The SMILES string of the molecule is CC(=O)CCNC(=O)c1ccc(F)c(F)c1. The standard InChI is InChI=1S/C11H11F2NO2/c1-7(15)4-5-14-11(16)8-2-3-9(12)10(13)6-8/h2-3,6H,4-5H2,1H3,(H,14,16). The minimum absolute atomic E-state index is 0.0300. The van der Waals surface area contributed by atoms with E-state index in [-0.39, 0.29) is 24.3 Å². The largest absolute Gasteiger partial charge is 0.352 e. The minimum Gasteiger partial charge on any atom is -0.352 e. The molecule has 86 valence electrons. The predicted octanol–water partition coefficient (Wildman–Crippen LogP) is 1.67. The summed E-state index contributed by atoms with van der Waals surface area (Å²) in [5, 5.41) is 2.43. The highest BCUT2D eigenvalue weighted by atomic mass is 19.2. The molecule has 0 aliphatic rings. The molecule has 0 fully saturated rings. The lowest BCUT2D eigenvalue weighted by molar-refractivity contribution is -0.116. The van der Waals surface area contributed by atoms with Crippen LogP contribution in [0.25, 0.3) is 0 Å². The van der Waals surface area contributed by atoms with Crippen LogP contribution in [0.4, 0.5) is 8.78 Å². The third-order valence-corrected chi connectivity index (χ3v) is 1.94. The highest BCUT2D eigenvalue weighted by molar-refractivity contribution is 5.94. The fourth-order valence-electron chi connectivity index (χ4n) is 1.09. The van der Waals surface area contributed by atoms with E-state index in [2.05, 4.69) is 5.32 Å². The molecule has 0 radical (unpaired) electrons. The topological polar surface area (TPSA) is 46.2 Å². The summed E-state index contributed by atoms with van der Waals surface area (Å²) in [5.41, 5.74) is 0.0300. The average Bonchev–Trinajstić information content (AvgIpc) is 2.21. The number of benzene rings is 1. The van der Waals surface area contributed by atoms with Gasteiger partial charge < -0.3 is 5.32 Å². The fraction of sp³-hybridized carbons (Fsp3) is 0.273. The predicted molar refractivity (Wildman–Crippen MR) is 54.0 cm³/mol. The van der Waals surface area contributed by atoms with Crippen molar-refractivity contribution in [3.05, 3.63) is 35.4 Å². The van der Waals surface area contributed by atoms with Crippen molar-refractivity contribution in [2.75, 3.05) is 6.54 Å². The molecule has 0 spiro atoms. The molecule has 0 atom stereocenters. The number of hydrogen-bond donors (Lipinski definition) is 1. The zero-order valence-corrected chi connectivity index (χ0v) is 8.72. The maximum atomic E-state index is 12.8. The van der Waals surface area contributed by atoms with Gasteiger partial charge in [0.25, 0.3) is 5.91 Å². The molecule has 0 saturated carbocycles. The summed E-state index contributed by atoms with van der Waals surface area (Å²) in [7, 11) is 0. The molecule has 0 aliphatic heterocycles. The monoisotopic (exact) mass is 227 g/mol. The normalized spacial score (nSPS) is 9.94. The molecular weight excluding hydrogens is 216 g/mol. The summed E-state index contributed by atoms with van der Waals surface area (Å²) in [6.45, 7) is 1.59. The van der Waals surface area contributed by atoms with Gasteiger partial charge in [0.2, 0.25) is 0 Å². The Balaban J connectivity index is 2.59. The van der Waals surface area contributed by atoms with Gasteiger partial charge in [-0.1, -0.05) is 0 Å². The summed E-state index contributed by atoms with van der Waals surface area (Å²) in [6, 6.07) is 2.88. The van der Waals surface area contributed by atoms with E-state index >= 15 is 0 Å². The molecule has 3 nitrogen and oxygen atoms in total. The van der Waals surface area contributed by atoms with Gasteiger partial charge in [-0.15, -0.1) is 0 Å². The molecule has 5 heteroatoms. The van der Waals surface area contributed by atoms with Gasteiger partial charge >= 0.3 is 0 Å². The van der Waals surface area contributed by atoms with Gasteiger partial charge in [-0.2, -0.15) is 0 Å². The smallest absolute Gasteiger partial charge is 0.251 e. The van der Waals surface area contributed by atoms with Gasteiger partial charge in [0, 0.05) is 18.5 Å². The van der Waals surface area contributed by atoms with Crippen molar-refractivity contribution in [2.24, 2.45) is 0 Å². The van der Waals surface area contributed by atoms with E-state index < -0.39 is 17.5 Å². The van der Waals surface area contributed by atoms with Gasteiger partial charge in [0.15, 0.2) is 11.6 Å². The third kappa shape index (κ3) is 3.42. The lowest BCUT2D eigenvalue weighted by Crippen LogP contribution is -2.25. The molecule has 1 aromatic carbocycles. The Morgan fingerprint density at radius 2 is 1.94 bits per heavy atom. The third-order valence-electron chi connectivity index (χ3n) is 1.94. The highest BCUT2D eigenvalue weighted by Crippen LogP contribution is 2.08. The van der Waals surface area contributed by atoms with Crippen molar-refractivity contribution in [2.45, 2.75) is 13.3 Å². The Labute approximate surface area is 91.5 Å². The number of halogens is 2. The Kier molecular flexibility index (Phi) is 4.10. The molecule has 1 aromatic rings. The first-order valence-corrected chi connectivity index (χ1v) is 4.73. The summed E-state index contributed by atoms with van der Waals surface area (Å²) in [5.74, 6) is -2.65. The summed E-state index contributed by atoms with van der Waals surface area (Å²) in [6.07, 6.45) is 0.218. The van der Waals surface area contributed by atoms with Crippen LogP contribution in [0.5, 0.6) is 0 Å². The van der Waals surface area contributed by atoms with Crippen LogP contribution in [0.2, 0.25) is 0 Å². The van der Waals surface area contributed by atoms with Crippen LogP contribution in [-0.4, -0.2) is 18.2 Å². The zero-order valence-electron chi connectivity index (χ0n) is 8.72. The Bertz CT molecular complexity index is 418. The second-order valence-electron chi connectivity index (χ2n) is 3.34. The first kappa shape index (κ1) is 12.3. The molecule has 1 N–H and O–H groups in total. The first-order valence-electron chi connectivity index (χ1n) is 4.73. The number of hydrogen-bond acceptors (Lipinski definition) is 2. The highest BCUT2D eigenvalue weighted by Gasteiger charge is 2.09. The fourth-order valence-corrected chi connectivity index (χ4v) is 1.09. The minimum atomic E-state index is -1.07. The zero-order chi connectivity index (χ0) is 12.1. The Hall–Kier alpha value is -1.78. The lowest BCUT2D eigenvalue weighted by atomic mass is 10.2. The molecule has 0 unspecified atom stereocenters. The van der Waals surface area contributed by atoms with Crippen LogP contribution in [0.15, 0.2) is 18.2 Å². The summed E-state index contributed by atoms with van der Waals surface area (Å²) >= 11 is 0. The molecule has 0 aliphatic carbocycles. The maximum Gasteiger partial charge on any atom is 0.251 e.